The maximum Gasteiger partial charge on any atom is 0.185 e. The van der Waals surface area contributed by atoms with Gasteiger partial charge in [-0.05, 0) is 63.7 Å². The highest BCUT2D eigenvalue weighted by molar-refractivity contribution is 9.14. The molecule has 19 heavy (non-hydrogen) atoms. The van der Waals surface area contributed by atoms with Gasteiger partial charge in [0.15, 0.2) is 23.0 Å². The van der Waals surface area contributed by atoms with Crippen LogP contribution in [0.25, 0.3) is 0 Å². The van der Waals surface area contributed by atoms with Gasteiger partial charge in [0.25, 0.3) is 0 Å². The number of hydrogen-bond donors (Lipinski definition) is 0. The van der Waals surface area contributed by atoms with Gasteiger partial charge in [0.2, 0.25) is 0 Å². The lowest BCUT2D eigenvalue weighted by Crippen LogP contribution is -2.00. The second kappa shape index (κ2) is 5.22. The van der Waals surface area contributed by atoms with Crippen LogP contribution in [-0.2, 0) is 0 Å². The van der Waals surface area contributed by atoms with Crippen molar-refractivity contribution in [3.63, 3.8) is 0 Å². The Bertz CT molecular complexity index is 703. The molecule has 0 spiro atoms. The number of ether oxygens (including phenoxy) is 2. The normalized spacial score (nSPS) is 12.3. The molecule has 0 amide bonds. The van der Waals surface area contributed by atoms with Gasteiger partial charge in [-0.1, -0.05) is 11.6 Å². The SMILES string of the molecule is Clc1cc2c(cc1Br)Oc1c(cc(Br)c(Br)c1Br)O2. The molecule has 1 heterocycles. The van der Waals surface area contributed by atoms with E-state index >= 15 is 0 Å². The van der Waals surface area contributed by atoms with Crippen LogP contribution in [0.4, 0.5) is 0 Å². The molecular weight excluding hydrogens is 531 g/mol. The largest absolute Gasteiger partial charge is 0.449 e. The molecular formula is C12H3Br4ClO2. The minimum atomic E-state index is 0.570. The van der Waals surface area contributed by atoms with Crippen LogP contribution < -0.4 is 9.47 Å². The zero-order valence-electron chi connectivity index (χ0n) is 8.94. The standard InChI is InChI=1S/C12H3Br4ClO2/c13-4-1-7-8(3-6(4)17)18-9-2-5(14)10(15)11(16)12(9)19-7/h1-3H. The summed E-state index contributed by atoms with van der Waals surface area (Å²) < 4.78 is 15.0. The molecule has 1 aliphatic heterocycles. The molecule has 0 atom stereocenters. The number of rotatable bonds is 0. The van der Waals surface area contributed by atoms with Gasteiger partial charge in [0.05, 0.1) is 9.50 Å². The highest BCUT2D eigenvalue weighted by Crippen LogP contribution is 2.53. The first-order chi connectivity index (χ1) is 8.97. The minimum absolute atomic E-state index is 0.570. The number of hydrogen-bond acceptors (Lipinski definition) is 2. The zero-order valence-corrected chi connectivity index (χ0v) is 16.0. The topological polar surface area (TPSA) is 18.5 Å². The summed E-state index contributed by atoms with van der Waals surface area (Å²) in [7, 11) is 0. The maximum atomic E-state index is 6.05. The molecule has 98 valence electrons. The summed E-state index contributed by atoms with van der Waals surface area (Å²) in [4.78, 5) is 0. The Morgan fingerprint density at radius 3 is 2.11 bits per heavy atom. The molecule has 2 aromatic rings. The van der Waals surface area contributed by atoms with E-state index in [-0.39, 0.29) is 0 Å². The Morgan fingerprint density at radius 1 is 0.737 bits per heavy atom. The summed E-state index contributed by atoms with van der Waals surface area (Å²) in [5, 5.41) is 0.570. The van der Waals surface area contributed by atoms with Gasteiger partial charge in [-0.25, -0.2) is 0 Å². The predicted molar refractivity (Wildman–Crippen MR) is 88.8 cm³/mol. The molecule has 0 bridgehead atoms. The minimum Gasteiger partial charge on any atom is -0.449 e. The fraction of sp³-hybridized carbons (Fsp3) is 0. The highest BCUT2D eigenvalue weighted by Gasteiger charge is 2.25. The van der Waals surface area contributed by atoms with E-state index in [1.165, 1.54) is 0 Å². The van der Waals surface area contributed by atoms with Crippen LogP contribution in [0.1, 0.15) is 0 Å². The quantitative estimate of drug-likeness (QED) is 0.282. The van der Waals surface area contributed by atoms with Crippen molar-refractivity contribution in [2.75, 3.05) is 0 Å². The van der Waals surface area contributed by atoms with Gasteiger partial charge in [-0.15, -0.1) is 0 Å². The summed E-state index contributed by atoms with van der Waals surface area (Å²) in [5.41, 5.74) is 0. The van der Waals surface area contributed by atoms with Crippen molar-refractivity contribution in [1.29, 1.82) is 0 Å². The molecule has 0 saturated heterocycles. The van der Waals surface area contributed by atoms with Gasteiger partial charge >= 0.3 is 0 Å². The second-order valence-electron chi connectivity index (χ2n) is 3.73. The third-order valence-corrected chi connectivity index (χ3v) is 6.97. The molecule has 0 aliphatic carbocycles. The van der Waals surface area contributed by atoms with Crippen LogP contribution in [0.3, 0.4) is 0 Å². The van der Waals surface area contributed by atoms with Gasteiger partial charge < -0.3 is 9.47 Å². The van der Waals surface area contributed by atoms with Crippen LogP contribution in [0.15, 0.2) is 36.1 Å². The third-order valence-electron chi connectivity index (χ3n) is 2.50. The lowest BCUT2D eigenvalue weighted by atomic mass is 10.2. The van der Waals surface area contributed by atoms with Crippen molar-refractivity contribution < 1.29 is 9.47 Å². The van der Waals surface area contributed by atoms with Gasteiger partial charge in [0, 0.05) is 31.6 Å². The Kier molecular flexibility index (Phi) is 3.90. The Balaban J connectivity index is 2.17. The summed E-state index contributed by atoms with van der Waals surface area (Å²) in [6.07, 6.45) is 0. The van der Waals surface area contributed by atoms with Crippen molar-refractivity contribution in [1.82, 2.24) is 0 Å². The monoisotopic (exact) mass is 530 g/mol. The van der Waals surface area contributed by atoms with E-state index in [0.29, 0.717) is 28.0 Å². The second-order valence-corrected chi connectivity index (χ2v) is 7.43. The van der Waals surface area contributed by atoms with Gasteiger partial charge in [-0.2, -0.15) is 0 Å². The molecule has 0 N–H and O–H groups in total. The van der Waals surface area contributed by atoms with E-state index in [9.17, 15) is 0 Å². The molecule has 1 aliphatic rings. The molecule has 2 aromatic carbocycles. The lowest BCUT2D eigenvalue weighted by Gasteiger charge is -2.23. The highest BCUT2D eigenvalue weighted by atomic mass is 79.9. The lowest BCUT2D eigenvalue weighted by molar-refractivity contribution is 0.357. The average molecular weight is 534 g/mol. The van der Waals surface area contributed by atoms with E-state index in [1.807, 2.05) is 6.07 Å². The van der Waals surface area contributed by atoms with Crippen molar-refractivity contribution >= 4 is 75.3 Å². The van der Waals surface area contributed by atoms with Crippen LogP contribution in [0.2, 0.25) is 5.02 Å². The van der Waals surface area contributed by atoms with Crippen LogP contribution in [-0.4, -0.2) is 0 Å². The molecule has 0 unspecified atom stereocenters. The Labute approximate surface area is 147 Å². The van der Waals surface area contributed by atoms with E-state index in [2.05, 4.69) is 63.7 Å². The summed E-state index contributed by atoms with van der Waals surface area (Å²) in [5.74, 6) is 2.44. The zero-order chi connectivity index (χ0) is 13.7. The summed E-state index contributed by atoms with van der Waals surface area (Å²) >= 11 is 19.8. The van der Waals surface area contributed by atoms with E-state index < -0.39 is 0 Å². The number of halogens is 5. The van der Waals surface area contributed by atoms with Crippen LogP contribution in [0, 0.1) is 0 Å². The van der Waals surface area contributed by atoms with Crippen LogP contribution in [0.5, 0.6) is 23.0 Å². The van der Waals surface area contributed by atoms with E-state index in [1.54, 1.807) is 12.1 Å². The Hall–Kier alpha value is 0.250. The number of benzene rings is 2. The molecule has 3 rings (SSSR count). The Morgan fingerprint density at radius 2 is 1.37 bits per heavy atom. The van der Waals surface area contributed by atoms with Gasteiger partial charge in [0.1, 0.15) is 0 Å². The van der Waals surface area contributed by atoms with Crippen molar-refractivity contribution in [2.45, 2.75) is 0 Å². The summed E-state index contributed by atoms with van der Waals surface area (Å²) in [6, 6.07) is 5.33. The molecule has 0 aromatic heterocycles. The fourth-order valence-electron chi connectivity index (χ4n) is 1.63. The first kappa shape index (κ1) is 14.2. The van der Waals surface area contributed by atoms with Crippen molar-refractivity contribution in [3.05, 3.63) is 41.1 Å². The first-order valence-electron chi connectivity index (χ1n) is 4.99. The molecule has 0 radical (unpaired) electrons. The summed E-state index contributed by atoms with van der Waals surface area (Å²) in [6.45, 7) is 0. The van der Waals surface area contributed by atoms with Gasteiger partial charge in [-0.3, -0.25) is 0 Å². The molecule has 2 nitrogen and oxygen atoms in total. The van der Waals surface area contributed by atoms with E-state index in [0.717, 1.165) is 17.9 Å². The van der Waals surface area contributed by atoms with E-state index in [4.69, 9.17) is 21.1 Å². The maximum absolute atomic E-state index is 6.05. The molecule has 7 heteroatoms. The first-order valence-corrected chi connectivity index (χ1v) is 8.54. The van der Waals surface area contributed by atoms with Crippen molar-refractivity contribution in [3.8, 4) is 23.0 Å². The molecule has 0 fully saturated rings. The predicted octanol–water partition coefficient (Wildman–Crippen LogP) is 7.29. The smallest absolute Gasteiger partial charge is 0.185 e. The van der Waals surface area contributed by atoms with Crippen molar-refractivity contribution in [2.24, 2.45) is 0 Å². The fourth-order valence-corrected chi connectivity index (χ4v) is 3.56. The third kappa shape index (κ3) is 2.46. The average Bonchev–Trinajstić information content (AvgIpc) is 2.37. The number of fused-ring (bicyclic) bond motifs is 2. The van der Waals surface area contributed by atoms with Crippen LogP contribution >= 0.6 is 75.3 Å². The molecule has 0 saturated carbocycles.